The first-order valence-electron chi connectivity index (χ1n) is 7.46. The lowest BCUT2D eigenvalue weighted by atomic mass is 9.88. The Labute approximate surface area is 125 Å². The Morgan fingerprint density at radius 2 is 2.05 bits per heavy atom. The number of aromatic nitrogens is 2. The molecule has 0 unspecified atom stereocenters. The molecule has 5 heteroatoms. The summed E-state index contributed by atoms with van der Waals surface area (Å²) >= 11 is 1.72. The molecule has 2 N–H and O–H groups in total. The van der Waals surface area contributed by atoms with Crippen LogP contribution in [-0.2, 0) is 0 Å². The van der Waals surface area contributed by atoms with E-state index in [1.807, 2.05) is 13.8 Å². The van der Waals surface area contributed by atoms with Gasteiger partial charge in [-0.25, -0.2) is 9.97 Å². The first-order chi connectivity index (χ1) is 9.70. The SMILES string of the molecule is CC=Nc1c(C)nc(SCCC2CCCCC2)nc1N. The normalized spacial score (nSPS) is 16.9. The molecular weight excluding hydrogens is 268 g/mol. The molecule has 0 spiro atoms. The van der Waals surface area contributed by atoms with E-state index in [0.29, 0.717) is 11.5 Å². The summed E-state index contributed by atoms with van der Waals surface area (Å²) in [6.45, 7) is 3.80. The van der Waals surface area contributed by atoms with Gasteiger partial charge in [-0.05, 0) is 26.2 Å². The van der Waals surface area contributed by atoms with Gasteiger partial charge >= 0.3 is 0 Å². The lowest BCUT2D eigenvalue weighted by Gasteiger charge is -2.20. The average molecular weight is 292 g/mol. The van der Waals surface area contributed by atoms with Crippen molar-refractivity contribution in [1.82, 2.24) is 9.97 Å². The van der Waals surface area contributed by atoms with E-state index in [2.05, 4.69) is 15.0 Å². The zero-order chi connectivity index (χ0) is 14.4. The largest absolute Gasteiger partial charge is 0.382 e. The molecule has 0 radical (unpaired) electrons. The second kappa shape index (κ2) is 7.62. The summed E-state index contributed by atoms with van der Waals surface area (Å²) in [5.41, 5.74) is 7.50. The maximum Gasteiger partial charge on any atom is 0.189 e. The van der Waals surface area contributed by atoms with Gasteiger partial charge in [-0.15, -0.1) is 0 Å². The van der Waals surface area contributed by atoms with Crippen LogP contribution in [0, 0.1) is 12.8 Å². The average Bonchev–Trinajstić information content (AvgIpc) is 2.44. The third-order valence-electron chi connectivity index (χ3n) is 3.80. The van der Waals surface area contributed by atoms with E-state index in [-0.39, 0.29) is 0 Å². The van der Waals surface area contributed by atoms with Crippen LogP contribution >= 0.6 is 11.8 Å². The smallest absolute Gasteiger partial charge is 0.189 e. The van der Waals surface area contributed by atoms with Crippen molar-refractivity contribution in [2.75, 3.05) is 11.5 Å². The van der Waals surface area contributed by atoms with Crippen molar-refractivity contribution in [3.63, 3.8) is 0 Å². The molecular formula is C15H24N4S. The van der Waals surface area contributed by atoms with Gasteiger partial charge in [-0.1, -0.05) is 43.9 Å². The molecule has 1 aromatic heterocycles. The van der Waals surface area contributed by atoms with E-state index >= 15 is 0 Å². The number of thioether (sulfide) groups is 1. The zero-order valence-corrected chi connectivity index (χ0v) is 13.2. The van der Waals surface area contributed by atoms with Crippen LogP contribution in [0.1, 0.15) is 51.1 Å². The third-order valence-corrected chi connectivity index (χ3v) is 4.69. The molecule has 1 saturated carbocycles. The summed E-state index contributed by atoms with van der Waals surface area (Å²) in [4.78, 5) is 13.1. The van der Waals surface area contributed by atoms with Crippen molar-refractivity contribution in [3.8, 4) is 0 Å². The highest BCUT2D eigenvalue weighted by Gasteiger charge is 2.14. The lowest BCUT2D eigenvalue weighted by molar-refractivity contribution is 0.351. The van der Waals surface area contributed by atoms with E-state index in [1.54, 1.807) is 18.0 Å². The molecule has 4 nitrogen and oxygen atoms in total. The number of hydrogen-bond donors (Lipinski definition) is 1. The molecule has 1 aromatic rings. The van der Waals surface area contributed by atoms with Crippen molar-refractivity contribution in [3.05, 3.63) is 5.69 Å². The Kier molecular flexibility index (Phi) is 5.83. The van der Waals surface area contributed by atoms with Crippen LogP contribution in [0.25, 0.3) is 0 Å². The van der Waals surface area contributed by atoms with E-state index < -0.39 is 0 Å². The summed E-state index contributed by atoms with van der Waals surface area (Å²) in [5.74, 6) is 2.47. The van der Waals surface area contributed by atoms with Crippen molar-refractivity contribution in [2.45, 2.75) is 57.5 Å². The molecule has 20 heavy (non-hydrogen) atoms. The quantitative estimate of drug-likeness (QED) is 0.503. The van der Waals surface area contributed by atoms with Gasteiger partial charge in [0, 0.05) is 12.0 Å². The molecule has 0 amide bonds. The summed E-state index contributed by atoms with van der Waals surface area (Å²) in [7, 11) is 0. The Balaban J connectivity index is 1.89. The van der Waals surface area contributed by atoms with Crippen LogP contribution in [0.15, 0.2) is 10.1 Å². The highest BCUT2D eigenvalue weighted by molar-refractivity contribution is 7.99. The van der Waals surface area contributed by atoms with Gasteiger partial charge in [0.05, 0.1) is 5.69 Å². The van der Waals surface area contributed by atoms with Crippen LogP contribution in [0.5, 0.6) is 0 Å². The van der Waals surface area contributed by atoms with Crippen LogP contribution in [0.2, 0.25) is 0 Å². The number of aryl methyl sites for hydroxylation is 1. The third kappa shape index (κ3) is 4.20. The maximum atomic E-state index is 5.94. The van der Waals surface area contributed by atoms with Gasteiger partial charge < -0.3 is 5.73 Å². The minimum absolute atomic E-state index is 0.482. The van der Waals surface area contributed by atoms with Crippen molar-refractivity contribution < 1.29 is 0 Å². The fourth-order valence-electron chi connectivity index (χ4n) is 2.71. The number of aliphatic imine (C=N–C) groups is 1. The van der Waals surface area contributed by atoms with E-state index in [0.717, 1.165) is 22.5 Å². The van der Waals surface area contributed by atoms with E-state index in [1.165, 1.54) is 38.5 Å². The second-order valence-electron chi connectivity index (χ2n) is 5.35. The second-order valence-corrected chi connectivity index (χ2v) is 6.42. The lowest BCUT2D eigenvalue weighted by Crippen LogP contribution is -2.07. The van der Waals surface area contributed by atoms with Crippen LogP contribution < -0.4 is 5.73 Å². The van der Waals surface area contributed by atoms with Gasteiger partial charge in [0.25, 0.3) is 0 Å². The Bertz CT molecular complexity index is 444. The zero-order valence-electron chi connectivity index (χ0n) is 12.4. The predicted molar refractivity (Wildman–Crippen MR) is 86.9 cm³/mol. The molecule has 1 heterocycles. The summed E-state index contributed by atoms with van der Waals surface area (Å²) in [6, 6.07) is 0. The number of nitrogen functional groups attached to an aromatic ring is 1. The summed E-state index contributed by atoms with van der Waals surface area (Å²) < 4.78 is 0. The minimum Gasteiger partial charge on any atom is -0.382 e. The van der Waals surface area contributed by atoms with Gasteiger partial charge in [-0.3, -0.25) is 4.99 Å². The predicted octanol–water partition coefficient (Wildman–Crippen LogP) is 4.15. The van der Waals surface area contributed by atoms with Crippen molar-refractivity contribution >= 4 is 29.5 Å². The van der Waals surface area contributed by atoms with Gasteiger partial charge in [0.15, 0.2) is 11.0 Å². The molecule has 0 saturated heterocycles. The monoisotopic (exact) mass is 292 g/mol. The molecule has 1 aliphatic rings. The molecule has 2 rings (SSSR count). The standard InChI is InChI=1S/C15H24N4S/c1-3-17-13-11(2)18-15(19-14(13)16)20-10-9-12-7-5-4-6-8-12/h3,12H,4-10H2,1-2H3,(H2,16,18,19). The first kappa shape index (κ1) is 15.3. The molecule has 110 valence electrons. The molecule has 0 aliphatic heterocycles. The summed E-state index contributed by atoms with van der Waals surface area (Å²) in [6.07, 6.45) is 10.0. The van der Waals surface area contributed by atoms with Crippen LogP contribution in [0.4, 0.5) is 11.5 Å². The molecule has 1 aliphatic carbocycles. The number of nitrogens with two attached hydrogens (primary N) is 1. The van der Waals surface area contributed by atoms with Crippen molar-refractivity contribution in [1.29, 1.82) is 0 Å². The molecule has 0 aromatic carbocycles. The number of nitrogens with zero attached hydrogens (tertiary/aromatic N) is 3. The van der Waals surface area contributed by atoms with E-state index in [9.17, 15) is 0 Å². The van der Waals surface area contributed by atoms with Gasteiger partial charge in [0.2, 0.25) is 0 Å². The number of hydrogen-bond acceptors (Lipinski definition) is 5. The molecule has 0 bridgehead atoms. The fourth-order valence-corrected chi connectivity index (χ4v) is 3.71. The summed E-state index contributed by atoms with van der Waals surface area (Å²) in [5, 5.41) is 0.783. The fraction of sp³-hybridized carbons (Fsp3) is 0.667. The maximum absolute atomic E-state index is 5.94. The van der Waals surface area contributed by atoms with Crippen LogP contribution in [0.3, 0.4) is 0 Å². The Morgan fingerprint density at radius 3 is 2.70 bits per heavy atom. The Hall–Kier alpha value is -1.10. The minimum atomic E-state index is 0.482. The van der Waals surface area contributed by atoms with Crippen LogP contribution in [-0.4, -0.2) is 21.9 Å². The molecule has 1 fully saturated rings. The highest BCUT2D eigenvalue weighted by Crippen LogP contribution is 2.30. The first-order valence-corrected chi connectivity index (χ1v) is 8.45. The topological polar surface area (TPSA) is 64.2 Å². The highest BCUT2D eigenvalue weighted by atomic mass is 32.2. The number of rotatable bonds is 5. The van der Waals surface area contributed by atoms with Gasteiger partial charge in [-0.2, -0.15) is 0 Å². The van der Waals surface area contributed by atoms with E-state index in [4.69, 9.17) is 5.73 Å². The van der Waals surface area contributed by atoms with Gasteiger partial charge in [0.1, 0.15) is 5.69 Å². The van der Waals surface area contributed by atoms with Crippen molar-refractivity contribution in [2.24, 2.45) is 10.9 Å². The molecule has 0 atom stereocenters. The number of anilines is 1. The Morgan fingerprint density at radius 1 is 1.30 bits per heavy atom.